The van der Waals surface area contributed by atoms with Crippen molar-refractivity contribution in [2.24, 2.45) is 0 Å². The third kappa shape index (κ3) is 3.94. The molecule has 0 amide bonds. The summed E-state index contributed by atoms with van der Waals surface area (Å²) >= 11 is 0. The average molecular weight is 343 g/mol. The minimum Gasteiger partial charge on any atom is -0.470 e. The maximum Gasteiger partial charge on any atom is 0.309 e. The second kappa shape index (κ2) is 7.04. The molecule has 0 radical (unpaired) electrons. The number of nitrogens with zero attached hydrogens (tertiary/aromatic N) is 5. The van der Waals surface area contributed by atoms with Crippen LogP contribution in [-0.4, -0.2) is 30.9 Å². The topological polar surface area (TPSA) is 92.0 Å². The Morgan fingerprint density at radius 3 is 2.48 bits per heavy atom. The molecule has 0 aliphatic heterocycles. The first kappa shape index (κ1) is 16.5. The number of aryl methyl sites for hydroxylation is 1. The van der Waals surface area contributed by atoms with Crippen LogP contribution in [0.25, 0.3) is 5.69 Å². The van der Waals surface area contributed by atoms with Gasteiger partial charge >= 0.3 is 5.97 Å². The minimum absolute atomic E-state index is 0.0917. The first-order valence-electron chi connectivity index (χ1n) is 7.33. The van der Waals surface area contributed by atoms with E-state index in [-0.39, 0.29) is 24.2 Å². The molecule has 25 heavy (non-hydrogen) atoms. The number of halogens is 1. The fourth-order valence-corrected chi connectivity index (χ4v) is 2.05. The Hall–Kier alpha value is -3.36. The lowest BCUT2D eigenvalue weighted by Crippen LogP contribution is -2.08. The first-order chi connectivity index (χ1) is 12.0. The molecule has 0 atom stereocenters. The van der Waals surface area contributed by atoms with E-state index in [2.05, 4.69) is 20.3 Å². The summed E-state index contributed by atoms with van der Waals surface area (Å²) in [5.74, 6) is -0.467. The maximum atomic E-state index is 13.1. The number of ether oxygens (including phenoxy) is 2. The lowest BCUT2D eigenvalue weighted by molar-refractivity contribution is -0.132. The first-order valence-corrected chi connectivity index (χ1v) is 7.33. The van der Waals surface area contributed by atoms with Crippen molar-refractivity contribution in [3.63, 3.8) is 0 Å². The summed E-state index contributed by atoms with van der Waals surface area (Å²) < 4.78 is 25.0. The zero-order valence-electron chi connectivity index (χ0n) is 13.5. The molecule has 0 fully saturated rings. The molecule has 3 rings (SSSR count). The van der Waals surface area contributed by atoms with Gasteiger partial charge in [0.1, 0.15) is 18.1 Å². The second-order valence-corrected chi connectivity index (χ2v) is 5.08. The van der Waals surface area contributed by atoms with Gasteiger partial charge in [-0.2, -0.15) is 0 Å². The van der Waals surface area contributed by atoms with Crippen molar-refractivity contribution in [3.05, 3.63) is 53.9 Å². The fourth-order valence-electron chi connectivity index (χ4n) is 2.05. The van der Waals surface area contributed by atoms with E-state index in [1.54, 1.807) is 23.7 Å². The maximum absolute atomic E-state index is 13.1. The summed E-state index contributed by atoms with van der Waals surface area (Å²) in [6.45, 7) is 3.21. The van der Waals surface area contributed by atoms with Crippen LogP contribution in [0.1, 0.15) is 18.3 Å². The predicted molar refractivity (Wildman–Crippen MR) is 83.7 cm³/mol. The normalized spacial score (nSPS) is 10.5. The zero-order chi connectivity index (χ0) is 17.8. The molecule has 1 aromatic carbocycles. The fraction of sp³-hybridized carbons (Fsp3) is 0.188. The van der Waals surface area contributed by atoms with Crippen LogP contribution in [0.4, 0.5) is 4.39 Å². The van der Waals surface area contributed by atoms with E-state index < -0.39 is 5.97 Å². The molecule has 3 aromatic rings. The van der Waals surface area contributed by atoms with Gasteiger partial charge in [0.25, 0.3) is 0 Å². The Morgan fingerprint density at radius 2 is 1.84 bits per heavy atom. The molecule has 0 saturated carbocycles. The SMILES string of the molecule is CC(=O)Oc1cnc(OCc2c(C)nnn2-c2ccc(F)cc2)cn1. The van der Waals surface area contributed by atoms with Gasteiger partial charge in [0.05, 0.1) is 23.8 Å². The van der Waals surface area contributed by atoms with Gasteiger partial charge in [0.2, 0.25) is 11.8 Å². The predicted octanol–water partition coefficient (Wildman–Crippen LogP) is 2.01. The van der Waals surface area contributed by atoms with Crippen molar-refractivity contribution in [1.82, 2.24) is 25.0 Å². The Labute approximate surface area is 142 Å². The summed E-state index contributed by atoms with van der Waals surface area (Å²) in [5, 5.41) is 8.07. The molecule has 128 valence electrons. The number of carbonyl (C=O) groups excluding carboxylic acids is 1. The van der Waals surface area contributed by atoms with Crippen LogP contribution in [0.5, 0.6) is 11.8 Å². The Balaban J connectivity index is 1.74. The highest BCUT2D eigenvalue weighted by molar-refractivity contribution is 5.68. The molecule has 0 aliphatic carbocycles. The third-order valence-corrected chi connectivity index (χ3v) is 3.24. The van der Waals surface area contributed by atoms with E-state index in [9.17, 15) is 9.18 Å². The average Bonchev–Trinajstić information content (AvgIpc) is 2.95. The molecule has 2 aromatic heterocycles. The van der Waals surface area contributed by atoms with E-state index in [0.717, 1.165) is 0 Å². The zero-order valence-corrected chi connectivity index (χ0v) is 13.5. The molecule has 0 bridgehead atoms. The quantitative estimate of drug-likeness (QED) is 0.654. The highest BCUT2D eigenvalue weighted by Gasteiger charge is 2.13. The minimum atomic E-state index is -0.479. The van der Waals surface area contributed by atoms with Gasteiger partial charge in [-0.25, -0.2) is 19.0 Å². The van der Waals surface area contributed by atoms with Crippen molar-refractivity contribution >= 4 is 5.97 Å². The van der Waals surface area contributed by atoms with Crippen LogP contribution in [0, 0.1) is 12.7 Å². The molecule has 0 N–H and O–H groups in total. The molecule has 8 nitrogen and oxygen atoms in total. The number of hydrogen-bond donors (Lipinski definition) is 0. The van der Waals surface area contributed by atoms with Crippen LogP contribution in [0.2, 0.25) is 0 Å². The van der Waals surface area contributed by atoms with Crippen LogP contribution in [0.15, 0.2) is 36.7 Å². The number of benzene rings is 1. The van der Waals surface area contributed by atoms with Crippen molar-refractivity contribution in [2.45, 2.75) is 20.5 Å². The van der Waals surface area contributed by atoms with Gasteiger partial charge in [-0.3, -0.25) is 4.79 Å². The number of aromatic nitrogens is 5. The standard InChI is InChI=1S/C16H14FN5O3/c1-10-14(22(21-20-10)13-5-3-12(17)4-6-13)9-24-15-7-19-16(8-18-15)25-11(2)23/h3-8H,9H2,1-2H3. The monoisotopic (exact) mass is 343 g/mol. The molecule has 0 spiro atoms. The molecular formula is C16H14FN5O3. The van der Waals surface area contributed by atoms with E-state index in [1.807, 2.05) is 0 Å². The highest BCUT2D eigenvalue weighted by Crippen LogP contribution is 2.16. The van der Waals surface area contributed by atoms with Crippen LogP contribution < -0.4 is 9.47 Å². The largest absolute Gasteiger partial charge is 0.470 e. The molecular weight excluding hydrogens is 329 g/mol. The number of esters is 1. The van der Waals surface area contributed by atoms with E-state index in [4.69, 9.17) is 9.47 Å². The van der Waals surface area contributed by atoms with Crippen molar-refractivity contribution in [3.8, 4) is 17.4 Å². The lowest BCUT2D eigenvalue weighted by atomic mass is 10.3. The molecule has 0 unspecified atom stereocenters. The second-order valence-electron chi connectivity index (χ2n) is 5.08. The van der Waals surface area contributed by atoms with Gasteiger partial charge in [-0.05, 0) is 31.2 Å². The molecule has 0 aliphatic rings. The number of rotatable bonds is 5. The summed E-state index contributed by atoms with van der Waals surface area (Å²) in [7, 11) is 0. The number of carbonyl (C=O) groups is 1. The third-order valence-electron chi connectivity index (χ3n) is 3.24. The molecule has 2 heterocycles. The van der Waals surface area contributed by atoms with Gasteiger partial charge in [-0.15, -0.1) is 5.10 Å². The smallest absolute Gasteiger partial charge is 0.309 e. The van der Waals surface area contributed by atoms with Crippen LogP contribution >= 0.6 is 0 Å². The number of hydrogen-bond acceptors (Lipinski definition) is 7. The summed E-state index contributed by atoms with van der Waals surface area (Å²) in [6, 6.07) is 5.88. The van der Waals surface area contributed by atoms with Crippen molar-refractivity contribution in [1.29, 1.82) is 0 Å². The van der Waals surface area contributed by atoms with Gasteiger partial charge in [0.15, 0.2) is 0 Å². The summed E-state index contributed by atoms with van der Waals surface area (Å²) in [5.41, 5.74) is 2.03. The van der Waals surface area contributed by atoms with Gasteiger partial charge in [0, 0.05) is 6.92 Å². The Bertz CT molecular complexity index is 878. The Morgan fingerprint density at radius 1 is 1.16 bits per heavy atom. The summed E-state index contributed by atoms with van der Waals surface area (Å²) in [4.78, 5) is 18.8. The van der Waals surface area contributed by atoms with Crippen LogP contribution in [-0.2, 0) is 11.4 Å². The van der Waals surface area contributed by atoms with Crippen molar-refractivity contribution in [2.75, 3.05) is 0 Å². The highest BCUT2D eigenvalue weighted by atomic mass is 19.1. The summed E-state index contributed by atoms with van der Waals surface area (Å²) in [6.07, 6.45) is 2.64. The van der Waals surface area contributed by atoms with Crippen molar-refractivity contribution < 1.29 is 18.7 Å². The van der Waals surface area contributed by atoms with E-state index >= 15 is 0 Å². The van der Waals surface area contributed by atoms with Gasteiger partial charge < -0.3 is 9.47 Å². The van der Waals surface area contributed by atoms with E-state index in [1.165, 1.54) is 31.5 Å². The van der Waals surface area contributed by atoms with Crippen LogP contribution in [0.3, 0.4) is 0 Å². The van der Waals surface area contributed by atoms with Gasteiger partial charge in [-0.1, -0.05) is 5.21 Å². The Kier molecular flexibility index (Phi) is 4.64. The van der Waals surface area contributed by atoms with E-state index in [0.29, 0.717) is 17.1 Å². The molecule has 9 heteroatoms. The lowest BCUT2D eigenvalue weighted by Gasteiger charge is -2.09. The molecule has 0 saturated heterocycles.